The molecule has 1 aromatic rings. The highest BCUT2D eigenvalue weighted by molar-refractivity contribution is 7.89. The molecule has 2 rings (SSSR count). The van der Waals surface area contributed by atoms with Gasteiger partial charge in [0, 0.05) is 11.6 Å². The van der Waals surface area contributed by atoms with Crippen LogP contribution in [0.25, 0.3) is 5.76 Å². The summed E-state index contributed by atoms with van der Waals surface area (Å²) in [5.74, 6) is -2.03. The third kappa shape index (κ3) is 3.26. The Morgan fingerprint density at radius 1 is 1.08 bits per heavy atom. The van der Waals surface area contributed by atoms with Crippen molar-refractivity contribution in [2.24, 2.45) is 5.92 Å². The van der Waals surface area contributed by atoms with Crippen LogP contribution >= 0.6 is 0 Å². The van der Waals surface area contributed by atoms with Crippen molar-refractivity contribution in [1.82, 2.24) is 4.31 Å². The molecule has 0 saturated heterocycles. The molecule has 0 fully saturated rings. The third-order valence-electron chi connectivity index (χ3n) is 3.63. The molecule has 0 unspecified atom stereocenters. The fourth-order valence-corrected chi connectivity index (χ4v) is 4.32. The standard InChI is InChI=1S/C17H21NO6S/c1-10(2)16(19)24-15-12-8-6-7-9-13(12)25(21,22)18(11(3)4)14(15)17(20)23-5/h6-11H,1-5H3. The van der Waals surface area contributed by atoms with Crippen molar-refractivity contribution < 1.29 is 27.5 Å². The van der Waals surface area contributed by atoms with E-state index in [1.54, 1.807) is 39.8 Å². The summed E-state index contributed by atoms with van der Waals surface area (Å²) in [6, 6.07) is 5.51. The van der Waals surface area contributed by atoms with E-state index in [1.165, 1.54) is 12.1 Å². The molecule has 1 aliphatic heterocycles. The molecule has 136 valence electrons. The lowest BCUT2D eigenvalue weighted by atomic mass is 10.1. The summed E-state index contributed by atoms with van der Waals surface area (Å²) in [6.07, 6.45) is 0. The normalized spacial score (nSPS) is 16.0. The van der Waals surface area contributed by atoms with Crippen LogP contribution in [-0.4, -0.2) is 37.8 Å². The predicted molar refractivity (Wildman–Crippen MR) is 90.5 cm³/mol. The Hall–Kier alpha value is -2.35. The summed E-state index contributed by atoms with van der Waals surface area (Å²) in [4.78, 5) is 24.5. The molecule has 1 heterocycles. The van der Waals surface area contributed by atoms with Gasteiger partial charge >= 0.3 is 11.9 Å². The number of benzene rings is 1. The second-order valence-electron chi connectivity index (χ2n) is 6.14. The zero-order chi connectivity index (χ0) is 18.9. The Bertz CT molecular complexity index is 838. The largest absolute Gasteiger partial charge is 0.464 e. The maximum absolute atomic E-state index is 13.0. The van der Waals surface area contributed by atoms with Crippen molar-refractivity contribution in [1.29, 1.82) is 0 Å². The van der Waals surface area contributed by atoms with Gasteiger partial charge < -0.3 is 9.47 Å². The lowest BCUT2D eigenvalue weighted by Gasteiger charge is -2.34. The number of esters is 2. The molecule has 0 N–H and O–H groups in total. The summed E-state index contributed by atoms with van der Waals surface area (Å²) < 4.78 is 37.1. The lowest BCUT2D eigenvalue weighted by molar-refractivity contribution is -0.140. The first-order valence-electron chi connectivity index (χ1n) is 7.81. The van der Waals surface area contributed by atoms with Crippen LogP contribution < -0.4 is 0 Å². The predicted octanol–water partition coefficient (Wildman–Crippen LogP) is 2.14. The molecule has 25 heavy (non-hydrogen) atoms. The van der Waals surface area contributed by atoms with Gasteiger partial charge in [0.2, 0.25) is 0 Å². The van der Waals surface area contributed by atoms with Crippen molar-refractivity contribution in [2.75, 3.05) is 7.11 Å². The van der Waals surface area contributed by atoms with E-state index in [4.69, 9.17) is 9.47 Å². The first-order chi connectivity index (χ1) is 11.6. The minimum absolute atomic E-state index is 0.0251. The molecule has 0 spiro atoms. The second-order valence-corrected chi connectivity index (χ2v) is 7.92. The number of carbonyl (C=O) groups is 2. The summed E-state index contributed by atoms with van der Waals surface area (Å²) in [7, 11) is -2.85. The maximum Gasteiger partial charge on any atom is 0.359 e. The molecule has 0 bridgehead atoms. The highest BCUT2D eigenvalue weighted by atomic mass is 32.2. The first-order valence-corrected chi connectivity index (χ1v) is 9.25. The minimum atomic E-state index is -3.99. The summed E-state index contributed by atoms with van der Waals surface area (Å²) in [5.41, 5.74) is -0.140. The number of rotatable bonds is 4. The van der Waals surface area contributed by atoms with E-state index in [0.29, 0.717) is 0 Å². The van der Waals surface area contributed by atoms with Crippen molar-refractivity contribution in [3.05, 3.63) is 35.5 Å². The van der Waals surface area contributed by atoms with Gasteiger partial charge in [-0.1, -0.05) is 26.0 Å². The molecular formula is C17H21NO6S. The number of sulfonamides is 1. The van der Waals surface area contributed by atoms with Crippen molar-refractivity contribution in [3.8, 4) is 0 Å². The van der Waals surface area contributed by atoms with E-state index in [9.17, 15) is 18.0 Å². The SMILES string of the molecule is COC(=O)C1=C(OC(=O)C(C)C)c2ccccc2S(=O)(=O)N1C(C)C. The molecule has 0 saturated carbocycles. The van der Waals surface area contributed by atoms with Gasteiger partial charge in [0.25, 0.3) is 10.0 Å². The molecule has 0 aliphatic carbocycles. The zero-order valence-corrected chi connectivity index (χ0v) is 15.6. The van der Waals surface area contributed by atoms with Crippen molar-refractivity contribution in [3.63, 3.8) is 0 Å². The van der Waals surface area contributed by atoms with Gasteiger partial charge in [-0.3, -0.25) is 9.10 Å². The topological polar surface area (TPSA) is 90.0 Å². The van der Waals surface area contributed by atoms with E-state index < -0.39 is 33.9 Å². The second kappa shape index (κ2) is 6.87. The molecule has 1 aliphatic rings. The third-order valence-corrected chi connectivity index (χ3v) is 5.66. The Kier molecular flexibility index (Phi) is 5.22. The highest BCUT2D eigenvalue weighted by Gasteiger charge is 2.43. The van der Waals surface area contributed by atoms with Gasteiger partial charge in [-0.2, -0.15) is 0 Å². The lowest BCUT2D eigenvalue weighted by Crippen LogP contribution is -2.43. The zero-order valence-electron chi connectivity index (χ0n) is 14.8. The van der Waals surface area contributed by atoms with Crippen LogP contribution in [-0.2, 0) is 29.1 Å². The van der Waals surface area contributed by atoms with Crippen molar-refractivity contribution >= 4 is 27.7 Å². The van der Waals surface area contributed by atoms with Gasteiger partial charge in [-0.25, -0.2) is 13.2 Å². The molecule has 7 nitrogen and oxygen atoms in total. The van der Waals surface area contributed by atoms with Crippen LogP contribution in [0.4, 0.5) is 0 Å². The molecular weight excluding hydrogens is 346 g/mol. The highest BCUT2D eigenvalue weighted by Crippen LogP contribution is 2.39. The fourth-order valence-electron chi connectivity index (χ4n) is 2.47. The summed E-state index contributed by atoms with van der Waals surface area (Å²) in [6.45, 7) is 6.53. The van der Waals surface area contributed by atoms with Crippen LogP contribution in [0, 0.1) is 5.92 Å². The fraction of sp³-hybridized carbons (Fsp3) is 0.412. The number of fused-ring (bicyclic) bond motifs is 1. The summed E-state index contributed by atoms with van der Waals surface area (Å²) in [5, 5.41) is 0. The quantitative estimate of drug-likeness (QED) is 0.758. The number of methoxy groups -OCH3 is 1. The Labute approximate surface area is 147 Å². The first kappa shape index (κ1) is 19.0. The van der Waals surface area contributed by atoms with E-state index in [1.807, 2.05) is 0 Å². The number of hydrogen-bond donors (Lipinski definition) is 0. The summed E-state index contributed by atoms with van der Waals surface area (Å²) >= 11 is 0. The number of nitrogens with zero attached hydrogens (tertiary/aromatic N) is 1. The number of carbonyl (C=O) groups excluding carboxylic acids is 2. The number of hydrogen-bond acceptors (Lipinski definition) is 6. The van der Waals surface area contributed by atoms with Crippen LogP contribution in [0.2, 0.25) is 0 Å². The van der Waals surface area contributed by atoms with Crippen LogP contribution in [0.15, 0.2) is 34.9 Å². The Morgan fingerprint density at radius 2 is 1.68 bits per heavy atom. The minimum Gasteiger partial charge on any atom is -0.464 e. The van der Waals surface area contributed by atoms with Crippen LogP contribution in [0.1, 0.15) is 33.3 Å². The van der Waals surface area contributed by atoms with E-state index in [2.05, 4.69) is 0 Å². The molecule has 0 atom stereocenters. The molecule has 8 heteroatoms. The van der Waals surface area contributed by atoms with E-state index in [0.717, 1.165) is 11.4 Å². The molecule has 1 aromatic carbocycles. The van der Waals surface area contributed by atoms with Crippen LogP contribution in [0.5, 0.6) is 0 Å². The smallest absolute Gasteiger partial charge is 0.359 e. The van der Waals surface area contributed by atoms with Gasteiger partial charge in [0.15, 0.2) is 11.5 Å². The Morgan fingerprint density at radius 3 is 2.20 bits per heavy atom. The van der Waals surface area contributed by atoms with Crippen LogP contribution in [0.3, 0.4) is 0 Å². The molecule has 0 radical (unpaired) electrons. The van der Waals surface area contributed by atoms with Gasteiger partial charge in [0.1, 0.15) is 0 Å². The molecule has 0 amide bonds. The van der Waals surface area contributed by atoms with E-state index >= 15 is 0 Å². The molecule has 0 aromatic heterocycles. The van der Waals surface area contributed by atoms with Crippen molar-refractivity contribution in [2.45, 2.75) is 38.6 Å². The van der Waals surface area contributed by atoms with Gasteiger partial charge in [-0.05, 0) is 26.0 Å². The van der Waals surface area contributed by atoms with Gasteiger partial charge in [-0.15, -0.1) is 0 Å². The van der Waals surface area contributed by atoms with E-state index in [-0.39, 0.29) is 21.9 Å². The Balaban J connectivity index is 2.85. The van der Waals surface area contributed by atoms with Gasteiger partial charge in [0.05, 0.1) is 17.9 Å². The average molecular weight is 367 g/mol. The maximum atomic E-state index is 13.0. The monoisotopic (exact) mass is 367 g/mol. The number of ether oxygens (including phenoxy) is 2. The average Bonchev–Trinajstić information content (AvgIpc) is 2.55.